The molecule has 0 aliphatic carbocycles. The molecule has 1 aliphatic heterocycles. The van der Waals surface area contributed by atoms with Crippen molar-refractivity contribution in [1.82, 2.24) is 4.90 Å². The molecule has 0 radical (unpaired) electrons. The summed E-state index contributed by atoms with van der Waals surface area (Å²) < 4.78 is 1.43. The van der Waals surface area contributed by atoms with E-state index in [0.717, 1.165) is 0 Å². The van der Waals surface area contributed by atoms with Crippen molar-refractivity contribution >= 4 is 0 Å². The van der Waals surface area contributed by atoms with E-state index in [2.05, 4.69) is 25.7 Å². The van der Waals surface area contributed by atoms with Gasteiger partial charge in [0.25, 0.3) is 0 Å². The topological polar surface area (TPSA) is 3.24 Å². The Hall–Kier alpha value is -0.0800. The first kappa shape index (κ1) is 18.0. The van der Waals surface area contributed by atoms with Crippen LogP contribution in [0.1, 0.15) is 72.1 Å². The van der Waals surface area contributed by atoms with E-state index >= 15 is 0 Å². The van der Waals surface area contributed by atoms with Gasteiger partial charge in [0.1, 0.15) is 0 Å². The Balaban J connectivity index is 2.36. The van der Waals surface area contributed by atoms with E-state index in [1.165, 1.54) is 102 Å². The van der Waals surface area contributed by atoms with Crippen molar-refractivity contribution in [3.63, 3.8) is 0 Å². The second-order valence-corrected chi connectivity index (χ2v) is 6.85. The molecule has 2 nitrogen and oxygen atoms in total. The van der Waals surface area contributed by atoms with Gasteiger partial charge in [0, 0.05) is 13.1 Å². The molecule has 20 heavy (non-hydrogen) atoms. The zero-order chi connectivity index (χ0) is 14.7. The van der Waals surface area contributed by atoms with Crippen molar-refractivity contribution in [3.8, 4) is 0 Å². The number of quaternary nitrogens is 1. The fraction of sp³-hybridized carbons (Fsp3) is 1.00. The molecule has 0 aromatic heterocycles. The standard InChI is InChI=1S/C18H39N2/c1-4-7-10-11-16-20(15-9-6-3)17-13-19(14-18-20)12-8-5-2/h4-18H2,1-3H3/q+1. The van der Waals surface area contributed by atoms with E-state index in [1.54, 1.807) is 0 Å². The Bertz CT molecular complexity index is 219. The van der Waals surface area contributed by atoms with Crippen LogP contribution in [-0.2, 0) is 0 Å². The fourth-order valence-corrected chi connectivity index (χ4v) is 3.46. The van der Waals surface area contributed by atoms with E-state index in [4.69, 9.17) is 0 Å². The lowest BCUT2D eigenvalue weighted by Crippen LogP contribution is -2.60. The Morgan fingerprint density at radius 3 is 1.90 bits per heavy atom. The predicted octanol–water partition coefficient (Wildman–Crippen LogP) is 4.30. The highest BCUT2D eigenvalue weighted by Crippen LogP contribution is 2.18. The molecular weight excluding hydrogens is 244 g/mol. The van der Waals surface area contributed by atoms with Gasteiger partial charge in [0.2, 0.25) is 0 Å². The van der Waals surface area contributed by atoms with Crippen LogP contribution in [-0.4, -0.2) is 55.2 Å². The Labute approximate surface area is 128 Å². The highest BCUT2D eigenvalue weighted by Gasteiger charge is 2.31. The van der Waals surface area contributed by atoms with Crippen molar-refractivity contribution < 1.29 is 4.48 Å². The van der Waals surface area contributed by atoms with E-state index in [9.17, 15) is 0 Å². The Morgan fingerprint density at radius 2 is 1.30 bits per heavy atom. The van der Waals surface area contributed by atoms with Crippen LogP contribution >= 0.6 is 0 Å². The SMILES string of the molecule is CCCCCC[N+]1(CCCC)CCN(CCCC)CC1. The molecule has 120 valence electrons. The quantitative estimate of drug-likeness (QED) is 0.404. The third kappa shape index (κ3) is 6.58. The second kappa shape index (κ2) is 10.6. The van der Waals surface area contributed by atoms with Gasteiger partial charge >= 0.3 is 0 Å². The zero-order valence-corrected chi connectivity index (χ0v) is 14.5. The van der Waals surface area contributed by atoms with Gasteiger partial charge in [-0.1, -0.05) is 46.5 Å². The molecule has 0 bridgehead atoms. The first-order valence-corrected chi connectivity index (χ1v) is 9.33. The summed E-state index contributed by atoms with van der Waals surface area (Å²) in [5.41, 5.74) is 0. The molecule has 0 aromatic rings. The van der Waals surface area contributed by atoms with E-state index in [-0.39, 0.29) is 0 Å². The second-order valence-electron chi connectivity index (χ2n) is 6.85. The molecule has 1 saturated heterocycles. The minimum Gasteiger partial charge on any atom is -0.321 e. The van der Waals surface area contributed by atoms with Crippen molar-refractivity contribution in [3.05, 3.63) is 0 Å². The molecule has 1 heterocycles. The number of nitrogens with zero attached hydrogens (tertiary/aromatic N) is 2. The van der Waals surface area contributed by atoms with Gasteiger partial charge in [-0.15, -0.1) is 0 Å². The number of piperazine rings is 1. The number of hydrogen-bond acceptors (Lipinski definition) is 1. The molecule has 1 fully saturated rings. The monoisotopic (exact) mass is 283 g/mol. The zero-order valence-electron chi connectivity index (χ0n) is 14.5. The summed E-state index contributed by atoms with van der Waals surface area (Å²) in [4.78, 5) is 2.71. The average Bonchev–Trinajstić information content (AvgIpc) is 2.49. The van der Waals surface area contributed by atoms with Gasteiger partial charge in [-0.05, 0) is 32.2 Å². The van der Waals surface area contributed by atoms with Crippen LogP contribution in [0.25, 0.3) is 0 Å². The maximum absolute atomic E-state index is 2.71. The van der Waals surface area contributed by atoms with Crippen LogP contribution in [0.3, 0.4) is 0 Å². The fourth-order valence-electron chi connectivity index (χ4n) is 3.46. The molecule has 1 aliphatic rings. The molecule has 0 amide bonds. The van der Waals surface area contributed by atoms with Crippen LogP contribution in [0.4, 0.5) is 0 Å². The Morgan fingerprint density at radius 1 is 0.700 bits per heavy atom. The van der Waals surface area contributed by atoms with E-state index < -0.39 is 0 Å². The maximum Gasteiger partial charge on any atom is 0.0916 e. The van der Waals surface area contributed by atoms with E-state index in [1.807, 2.05) is 0 Å². The van der Waals surface area contributed by atoms with Gasteiger partial charge in [0.15, 0.2) is 0 Å². The average molecular weight is 284 g/mol. The van der Waals surface area contributed by atoms with Crippen LogP contribution in [0.2, 0.25) is 0 Å². The molecule has 0 unspecified atom stereocenters. The summed E-state index contributed by atoms with van der Waals surface area (Å²) in [7, 11) is 0. The van der Waals surface area contributed by atoms with Crippen LogP contribution in [0, 0.1) is 0 Å². The molecule has 1 rings (SSSR count). The van der Waals surface area contributed by atoms with Crippen molar-refractivity contribution in [2.45, 2.75) is 72.1 Å². The van der Waals surface area contributed by atoms with Gasteiger partial charge < -0.3 is 4.48 Å². The molecule has 0 N–H and O–H groups in total. The van der Waals surface area contributed by atoms with Crippen molar-refractivity contribution in [2.75, 3.05) is 45.8 Å². The molecule has 0 saturated carbocycles. The molecule has 0 spiro atoms. The highest BCUT2D eigenvalue weighted by atomic mass is 15.4. The van der Waals surface area contributed by atoms with Crippen molar-refractivity contribution in [2.24, 2.45) is 0 Å². The van der Waals surface area contributed by atoms with Gasteiger partial charge in [-0.3, -0.25) is 4.90 Å². The molecular formula is C18H39N2+. The van der Waals surface area contributed by atoms with Crippen molar-refractivity contribution in [1.29, 1.82) is 0 Å². The van der Waals surface area contributed by atoms with E-state index in [0.29, 0.717) is 0 Å². The molecule has 2 heteroatoms. The normalized spacial score (nSPS) is 19.4. The summed E-state index contributed by atoms with van der Waals surface area (Å²) in [6.07, 6.45) is 11.2. The number of hydrogen-bond donors (Lipinski definition) is 0. The number of unbranched alkanes of at least 4 members (excludes halogenated alkanes) is 5. The van der Waals surface area contributed by atoms with Gasteiger partial charge in [0.05, 0.1) is 26.2 Å². The first-order chi connectivity index (χ1) is 9.76. The minimum atomic E-state index is 1.33. The minimum absolute atomic E-state index is 1.33. The smallest absolute Gasteiger partial charge is 0.0916 e. The lowest BCUT2D eigenvalue weighted by atomic mass is 10.1. The van der Waals surface area contributed by atoms with Crippen LogP contribution < -0.4 is 0 Å². The lowest BCUT2D eigenvalue weighted by Gasteiger charge is -2.45. The predicted molar refractivity (Wildman–Crippen MR) is 90.1 cm³/mol. The third-order valence-corrected chi connectivity index (χ3v) is 5.08. The largest absolute Gasteiger partial charge is 0.321 e. The molecule has 0 aromatic carbocycles. The maximum atomic E-state index is 2.71. The first-order valence-electron chi connectivity index (χ1n) is 9.33. The molecule has 0 atom stereocenters. The van der Waals surface area contributed by atoms with Gasteiger partial charge in [-0.25, -0.2) is 0 Å². The van der Waals surface area contributed by atoms with Gasteiger partial charge in [-0.2, -0.15) is 0 Å². The summed E-state index contributed by atoms with van der Waals surface area (Å²) in [5.74, 6) is 0. The third-order valence-electron chi connectivity index (χ3n) is 5.08. The van der Waals surface area contributed by atoms with Crippen LogP contribution in [0.15, 0.2) is 0 Å². The number of rotatable bonds is 11. The highest BCUT2D eigenvalue weighted by molar-refractivity contribution is 4.65. The summed E-state index contributed by atoms with van der Waals surface area (Å²) in [6, 6.07) is 0. The summed E-state index contributed by atoms with van der Waals surface area (Å²) >= 11 is 0. The Kier molecular flexibility index (Phi) is 9.54. The lowest BCUT2D eigenvalue weighted by molar-refractivity contribution is -0.932. The van der Waals surface area contributed by atoms with Crippen LogP contribution in [0.5, 0.6) is 0 Å². The summed E-state index contributed by atoms with van der Waals surface area (Å²) in [6.45, 7) is 16.7. The summed E-state index contributed by atoms with van der Waals surface area (Å²) in [5, 5.41) is 0.